The Morgan fingerprint density at radius 2 is 1.79 bits per heavy atom. The van der Waals surface area contributed by atoms with Crippen molar-refractivity contribution < 1.29 is 24.0 Å². The molecule has 19 heavy (non-hydrogen) atoms. The number of methoxy groups -OCH3 is 2. The van der Waals surface area contributed by atoms with Crippen molar-refractivity contribution in [2.24, 2.45) is 0 Å². The van der Waals surface area contributed by atoms with Crippen LogP contribution in [0, 0.1) is 17.0 Å². The number of benzene rings is 1. The van der Waals surface area contributed by atoms with E-state index in [1.165, 1.54) is 12.1 Å². The lowest BCUT2D eigenvalue weighted by molar-refractivity contribution is -0.384. The van der Waals surface area contributed by atoms with Crippen LogP contribution in [0.2, 0.25) is 0 Å². The third-order valence-electron chi connectivity index (χ3n) is 2.57. The molecule has 0 aliphatic rings. The Morgan fingerprint density at radius 1 is 1.26 bits per heavy atom. The molecule has 1 aromatic carbocycles. The van der Waals surface area contributed by atoms with Crippen LogP contribution in [-0.2, 0) is 14.3 Å². The number of esters is 1. The highest BCUT2D eigenvalue weighted by Gasteiger charge is 2.43. The highest BCUT2D eigenvalue weighted by Crippen LogP contribution is 2.20. The first-order chi connectivity index (χ1) is 8.86. The zero-order chi connectivity index (χ0) is 14.6. The predicted molar refractivity (Wildman–Crippen MR) is 64.5 cm³/mol. The smallest absolute Gasteiger partial charge is 0.346 e. The number of carbonyl (C=O) groups is 2. The Morgan fingerprint density at radius 3 is 2.16 bits per heavy atom. The molecule has 0 amide bonds. The van der Waals surface area contributed by atoms with Gasteiger partial charge >= 0.3 is 5.97 Å². The second-order valence-electron chi connectivity index (χ2n) is 3.66. The van der Waals surface area contributed by atoms with Gasteiger partial charge in [-0.2, -0.15) is 0 Å². The second kappa shape index (κ2) is 5.57. The molecule has 7 heteroatoms. The molecular formula is C12H12NO6. The molecule has 0 saturated carbocycles. The molecule has 0 aromatic heterocycles. The third kappa shape index (κ3) is 2.76. The van der Waals surface area contributed by atoms with Gasteiger partial charge in [-0.1, -0.05) is 0 Å². The minimum atomic E-state index is -2.02. The number of hydrogen-bond acceptors (Lipinski definition) is 6. The first-order valence-corrected chi connectivity index (χ1v) is 5.15. The van der Waals surface area contributed by atoms with Crippen molar-refractivity contribution in [1.82, 2.24) is 0 Å². The predicted octanol–water partition coefficient (Wildman–Crippen LogP) is 1.17. The Hall–Kier alpha value is -2.28. The van der Waals surface area contributed by atoms with E-state index in [0.717, 1.165) is 26.4 Å². The summed E-state index contributed by atoms with van der Waals surface area (Å²) in [6.45, 7) is 3.41. The van der Waals surface area contributed by atoms with E-state index in [4.69, 9.17) is 4.74 Å². The van der Waals surface area contributed by atoms with E-state index in [9.17, 15) is 19.7 Å². The number of hydrogen-bond donors (Lipinski definition) is 0. The molecule has 101 valence electrons. The molecule has 0 fully saturated rings. The maximum absolute atomic E-state index is 12.1. The quantitative estimate of drug-likeness (QED) is 0.261. The number of nitro groups is 1. The molecule has 0 bridgehead atoms. The molecule has 0 saturated heterocycles. The SMILES string of the molecule is [CH2]C(OC)(C(=O)OC)C(=O)c1ccc([N+](=O)[O-])cc1. The normalized spacial score (nSPS) is 13.4. The van der Waals surface area contributed by atoms with E-state index < -0.39 is 22.3 Å². The molecular weight excluding hydrogens is 254 g/mol. The molecule has 1 atom stereocenters. The van der Waals surface area contributed by atoms with Crippen molar-refractivity contribution in [2.45, 2.75) is 5.60 Å². The average molecular weight is 266 g/mol. The van der Waals surface area contributed by atoms with Crippen molar-refractivity contribution in [3.05, 3.63) is 46.9 Å². The summed E-state index contributed by atoms with van der Waals surface area (Å²) >= 11 is 0. The van der Waals surface area contributed by atoms with Crippen LogP contribution in [0.4, 0.5) is 5.69 Å². The number of nitrogens with zero attached hydrogens (tertiary/aromatic N) is 1. The molecule has 0 N–H and O–H groups in total. The minimum Gasteiger partial charge on any atom is -0.467 e. The van der Waals surface area contributed by atoms with Gasteiger partial charge in [-0.05, 0) is 19.1 Å². The maximum Gasteiger partial charge on any atom is 0.346 e. The van der Waals surface area contributed by atoms with Gasteiger partial charge in [0.25, 0.3) is 5.69 Å². The fourth-order valence-corrected chi connectivity index (χ4v) is 1.40. The van der Waals surface area contributed by atoms with Gasteiger partial charge in [-0.15, -0.1) is 0 Å². The van der Waals surface area contributed by atoms with Crippen LogP contribution < -0.4 is 0 Å². The van der Waals surface area contributed by atoms with Gasteiger partial charge in [-0.3, -0.25) is 14.9 Å². The largest absolute Gasteiger partial charge is 0.467 e. The average Bonchev–Trinajstić information content (AvgIpc) is 2.44. The van der Waals surface area contributed by atoms with Crippen LogP contribution in [0.1, 0.15) is 10.4 Å². The lowest BCUT2D eigenvalue weighted by Crippen LogP contribution is -2.46. The topological polar surface area (TPSA) is 95.7 Å². The van der Waals surface area contributed by atoms with Crippen LogP contribution in [0.15, 0.2) is 24.3 Å². The summed E-state index contributed by atoms with van der Waals surface area (Å²) < 4.78 is 9.27. The molecule has 1 rings (SSSR count). The number of Topliss-reactive ketones (excluding diaryl/α,β-unsaturated/α-hetero) is 1. The Balaban J connectivity index is 3.11. The van der Waals surface area contributed by atoms with Crippen LogP contribution in [0.25, 0.3) is 0 Å². The summed E-state index contributed by atoms with van der Waals surface area (Å²) in [4.78, 5) is 33.5. The van der Waals surface area contributed by atoms with Crippen molar-refractivity contribution in [2.75, 3.05) is 14.2 Å². The maximum atomic E-state index is 12.1. The summed E-state index contributed by atoms with van der Waals surface area (Å²) in [5.41, 5.74) is -2.13. The number of non-ortho nitro benzene ring substituents is 1. The summed E-state index contributed by atoms with van der Waals surface area (Å²) in [6, 6.07) is 4.76. The van der Waals surface area contributed by atoms with E-state index in [1.54, 1.807) is 0 Å². The number of ketones is 1. The number of rotatable bonds is 5. The summed E-state index contributed by atoms with van der Waals surface area (Å²) in [5, 5.41) is 10.5. The standard InChI is InChI=1S/C12H12NO6/c1-12(19-3,11(15)18-2)10(14)8-4-6-9(7-5-8)13(16)17/h4-7H,1H2,2-3H3. The third-order valence-corrected chi connectivity index (χ3v) is 2.57. The van der Waals surface area contributed by atoms with Gasteiger partial charge in [0.05, 0.1) is 12.0 Å². The fraction of sp³-hybridized carbons (Fsp3) is 0.250. The monoisotopic (exact) mass is 266 g/mol. The van der Waals surface area contributed by atoms with Crippen LogP contribution in [0.5, 0.6) is 0 Å². The van der Waals surface area contributed by atoms with Crippen LogP contribution >= 0.6 is 0 Å². The molecule has 1 aromatic rings. The van der Waals surface area contributed by atoms with E-state index in [-0.39, 0.29) is 11.3 Å². The van der Waals surface area contributed by atoms with Crippen molar-refractivity contribution >= 4 is 17.4 Å². The van der Waals surface area contributed by atoms with Gasteiger partial charge in [0.1, 0.15) is 0 Å². The molecule has 1 radical (unpaired) electrons. The minimum absolute atomic E-state index is 0.0628. The zero-order valence-corrected chi connectivity index (χ0v) is 10.4. The van der Waals surface area contributed by atoms with Crippen molar-refractivity contribution in [1.29, 1.82) is 0 Å². The lowest BCUT2D eigenvalue weighted by atomic mass is 9.94. The van der Waals surface area contributed by atoms with Crippen molar-refractivity contribution in [3.63, 3.8) is 0 Å². The van der Waals surface area contributed by atoms with E-state index in [2.05, 4.69) is 11.7 Å². The van der Waals surface area contributed by atoms with E-state index in [0.29, 0.717) is 0 Å². The van der Waals surface area contributed by atoms with Gasteiger partial charge in [0.15, 0.2) is 0 Å². The molecule has 7 nitrogen and oxygen atoms in total. The van der Waals surface area contributed by atoms with Gasteiger partial charge in [0.2, 0.25) is 11.4 Å². The summed E-state index contributed by atoms with van der Waals surface area (Å²) in [7, 11) is 2.25. The highest BCUT2D eigenvalue weighted by molar-refractivity contribution is 6.16. The van der Waals surface area contributed by atoms with E-state index in [1.807, 2.05) is 0 Å². The Bertz CT molecular complexity index is 509. The number of carbonyl (C=O) groups excluding carboxylic acids is 2. The van der Waals surface area contributed by atoms with Crippen LogP contribution in [-0.4, -0.2) is 36.5 Å². The summed E-state index contributed by atoms with van der Waals surface area (Å²) in [6.07, 6.45) is 0. The first-order valence-electron chi connectivity index (χ1n) is 5.15. The first kappa shape index (κ1) is 14.8. The highest BCUT2D eigenvalue weighted by atomic mass is 16.6. The van der Waals surface area contributed by atoms with Gasteiger partial charge in [0, 0.05) is 24.8 Å². The molecule has 0 aliphatic heterocycles. The molecule has 0 aliphatic carbocycles. The molecule has 1 unspecified atom stereocenters. The Kier molecular flexibility index (Phi) is 4.34. The zero-order valence-electron chi connectivity index (χ0n) is 10.4. The van der Waals surface area contributed by atoms with E-state index >= 15 is 0 Å². The van der Waals surface area contributed by atoms with Gasteiger partial charge < -0.3 is 9.47 Å². The molecule has 0 heterocycles. The fourth-order valence-electron chi connectivity index (χ4n) is 1.40. The van der Waals surface area contributed by atoms with Crippen molar-refractivity contribution in [3.8, 4) is 0 Å². The number of nitro benzene ring substituents is 1. The lowest BCUT2D eigenvalue weighted by Gasteiger charge is -2.23. The molecule has 0 spiro atoms. The van der Waals surface area contributed by atoms with Gasteiger partial charge in [-0.25, -0.2) is 4.79 Å². The Labute approximate surface area is 109 Å². The second-order valence-corrected chi connectivity index (χ2v) is 3.66. The number of ether oxygens (including phenoxy) is 2. The van der Waals surface area contributed by atoms with Crippen LogP contribution in [0.3, 0.4) is 0 Å². The summed E-state index contributed by atoms with van der Waals surface area (Å²) in [5.74, 6) is -1.69.